The molecular formula is C19H18BrClO2. The zero-order valence-corrected chi connectivity index (χ0v) is 15.0. The number of ketones is 1. The lowest BCUT2D eigenvalue weighted by atomic mass is 10.1. The molecule has 0 fully saturated rings. The Labute approximate surface area is 150 Å². The molecule has 0 N–H and O–H groups in total. The summed E-state index contributed by atoms with van der Waals surface area (Å²) in [4.78, 5) is 12.1. The molecule has 0 saturated carbocycles. The molecule has 0 atom stereocenters. The van der Waals surface area contributed by atoms with Crippen LogP contribution in [0.2, 0.25) is 5.02 Å². The molecule has 0 spiro atoms. The summed E-state index contributed by atoms with van der Waals surface area (Å²) < 4.78 is 5.62. The summed E-state index contributed by atoms with van der Waals surface area (Å²) in [6.07, 6.45) is 5.44. The van der Waals surface area contributed by atoms with E-state index in [2.05, 4.69) is 15.9 Å². The maximum absolute atomic E-state index is 12.1. The number of ether oxygens (including phenoxy) is 1. The van der Waals surface area contributed by atoms with Gasteiger partial charge in [-0.05, 0) is 60.9 Å². The number of halogens is 2. The molecule has 120 valence electrons. The quantitative estimate of drug-likeness (QED) is 0.245. The van der Waals surface area contributed by atoms with Gasteiger partial charge in [0.2, 0.25) is 0 Å². The first-order valence-electron chi connectivity index (χ1n) is 7.46. The third-order valence-electron chi connectivity index (χ3n) is 3.23. The second kappa shape index (κ2) is 9.53. The zero-order valence-electron chi connectivity index (χ0n) is 12.7. The normalized spacial score (nSPS) is 10.9. The molecule has 0 saturated heterocycles. The summed E-state index contributed by atoms with van der Waals surface area (Å²) in [5.41, 5.74) is 1.58. The lowest BCUT2D eigenvalue weighted by molar-refractivity contribution is 0.104. The molecule has 0 radical (unpaired) electrons. The average molecular weight is 394 g/mol. The summed E-state index contributed by atoms with van der Waals surface area (Å²) in [6, 6.07) is 14.6. The third-order valence-corrected chi connectivity index (χ3v) is 4.05. The smallest absolute Gasteiger partial charge is 0.185 e. The van der Waals surface area contributed by atoms with E-state index in [-0.39, 0.29) is 5.78 Å². The highest BCUT2D eigenvalue weighted by atomic mass is 79.9. The monoisotopic (exact) mass is 392 g/mol. The number of hydrogen-bond donors (Lipinski definition) is 0. The number of carbonyl (C=O) groups excluding carboxylic acids is 1. The van der Waals surface area contributed by atoms with Crippen molar-refractivity contribution < 1.29 is 9.53 Å². The maximum Gasteiger partial charge on any atom is 0.185 e. The molecule has 0 bridgehead atoms. The summed E-state index contributed by atoms with van der Waals surface area (Å²) >= 11 is 9.22. The minimum atomic E-state index is -0.0363. The minimum absolute atomic E-state index is 0.0363. The van der Waals surface area contributed by atoms with Crippen molar-refractivity contribution in [3.63, 3.8) is 0 Å². The molecule has 2 aromatic carbocycles. The highest BCUT2D eigenvalue weighted by Gasteiger charge is 2.02. The molecule has 0 amide bonds. The van der Waals surface area contributed by atoms with E-state index >= 15 is 0 Å². The van der Waals surface area contributed by atoms with E-state index in [1.165, 1.54) is 0 Å². The third kappa shape index (κ3) is 6.20. The molecule has 0 heterocycles. The van der Waals surface area contributed by atoms with E-state index in [1.54, 1.807) is 36.4 Å². The highest BCUT2D eigenvalue weighted by molar-refractivity contribution is 9.09. The largest absolute Gasteiger partial charge is 0.494 e. The van der Waals surface area contributed by atoms with Crippen LogP contribution in [-0.2, 0) is 0 Å². The Kier molecular flexibility index (Phi) is 7.37. The van der Waals surface area contributed by atoms with Gasteiger partial charge < -0.3 is 4.74 Å². The fourth-order valence-corrected chi connectivity index (χ4v) is 2.47. The summed E-state index contributed by atoms with van der Waals surface area (Å²) in [5, 5.41) is 1.67. The van der Waals surface area contributed by atoms with E-state index in [0.717, 1.165) is 29.5 Å². The first kappa shape index (κ1) is 17.8. The van der Waals surface area contributed by atoms with Crippen LogP contribution >= 0.6 is 27.5 Å². The van der Waals surface area contributed by atoms with E-state index < -0.39 is 0 Å². The molecule has 4 heteroatoms. The molecule has 23 heavy (non-hydrogen) atoms. The van der Waals surface area contributed by atoms with Gasteiger partial charge in [-0.3, -0.25) is 4.79 Å². The van der Waals surface area contributed by atoms with Gasteiger partial charge in [-0.2, -0.15) is 0 Å². The number of hydrogen-bond acceptors (Lipinski definition) is 2. The van der Waals surface area contributed by atoms with Crippen molar-refractivity contribution in [2.24, 2.45) is 0 Å². The SMILES string of the molecule is O=C(C=Cc1ccc(Cl)cc1)c1ccc(OCCCCBr)cc1. The topological polar surface area (TPSA) is 26.3 Å². The molecule has 0 aliphatic carbocycles. The van der Waals surface area contributed by atoms with Crippen LogP contribution in [0.1, 0.15) is 28.8 Å². The Bertz CT molecular complexity index is 648. The Balaban J connectivity index is 1.90. The van der Waals surface area contributed by atoms with E-state index in [1.807, 2.05) is 24.3 Å². The van der Waals surface area contributed by atoms with Crippen LogP contribution in [0.15, 0.2) is 54.6 Å². The average Bonchev–Trinajstić information content (AvgIpc) is 2.58. The van der Waals surface area contributed by atoms with Crippen molar-refractivity contribution in [1.82, 2.24) is 0 Å². The lowest BCUT2D eigenvalue weighted by Gasteiger charge is -2.05. The molecule has 0 unspecified atom stereocenters. The molecule has 2 aromatic rings. The van der Waals surface area contributed by atoms with E-state index in [9.17, 15) is 4.79 Å². The lowest BCUT2D eigenvalue weighted by Crippen LogP contribution is -1.99. The highest BCUT2D eigenvalue weighted by Crippen LogP contribution is 2.15. The van der Waals surface area contributed by atoms with Crippen molar-refractivity contribution in [3.05, 3.63) is 70.8 Å². The van der Waals surface area contributed by atoms with Crippen LogP contribution in [0.5, 0.6) is 5.75 Å². The van der Waals surface area contributed by atoms with Crippen molar-refractivity contribution in [1.29, 1.82) is 0 Å². The number of alkyl halides is 1. The van der Waals surface area contributed by atoms with Crippen molar-refractivity contribution in [3.8, 4) is 5.75 Å². The number of allylic oxidation sites excluding steroid dienone is 1. The van der Waals surface area contributed by atoms with Gasteiger partial charge >= 0.3 is 0 Å². The first-order valence-corrected chi connectivity index (χ1v) is 8.96. The molecule has 2 nitrogen and oxygen atoms in total. The van der Waals surface area contributed by atoms with Gasteiger partial charge in [0.1, 0.15) is 5.75 Å². The second-order valence-electron chi connectivity index (χ2n) is 5.02. The van der Waals surface area contributed by atoms with Crippen LogP contribution < -0.4 is 4.74 Å². The van der Waals surface area contributed by atoms with E-state index in [0.29, 0.717) is 17.2 Å². The van der Waals surface area contributed by atoms with Crippen molar-refractivity contribution >= 4 is 39.4 Å². The predicted octanol–water partition coefficient (Wildman–Crippen LogP) is 5.79. The fraction of sp³-hybridized carbons (Fsp3) is 0.211. The van der Waals surface area contributed by atoms with Gasteiger partial charge in [-0.15, -0.1) is 0 Å². The Morgan fingerprint density at radius 1 is 1.04 bits per heavy atom. The Hall–Kier alpha value is -1.58. The van der Waals surface area contributed by atoms with Gasteiger partial charge in [-0.1, -0.05) is 45.7 Å². The molecule has 2 rings (SSSR count). The van der Waals surface area contributed by atoms with Crippen molar-refractivity contribution in [2.75, 3.05) is 11.9 Å². The standard InChI is InChI=1S/C19H18BrClO2/c20-13-1-2-14-23-18-10-6-16(7-11-18)19(22)12-5-15-3-8-17(21)9-4-15/h3-12H,1-2,13-14H2. The van der Waals surface area contributed by atoms with Crippen LogP contribution in [0.3, 0.4) is 0 Å². The zero-order chi connectivity index (χ0) is 16.5. The summed E-state index contributed by atoms with van der Waals surface area (Å²) in [5.74, 6) is 0.753. The molecule has 0 aromatic heterocycles. The van der Waals surface area contributed by atoms with Crippen LogP contribution in [0.4, 0.5) is 0 Å². The number of benzene rings is 2. The number of rotatable bonds is 8. The van der Waals surface area contributed by atoms with Gasteiger partial charge in [-0.25, -0.2) is 0 Å². The summed E-state index contributed by atoms with van der Waals surface area (Å²) in [6.45, 7) is 0.690. The van der Waals surface area contributed by atoms with Crippen molar-refractivity contribution in [2.45, 2.75) is 12.8 Å². The molecule has 0 aliphatic rings. The Morgan fingerprint density at radius 2 is 1.74 bits per heavy atom. The maximum atomic E-state index is 12.1. The fourth-order valence-electron chi connectivity index (χ4n) is 1.94. The molecule has 0 aliphatic heterocycles. The van der Waals surface area contributed by atoms with Gasteiger partial charge in [0.25, 0.3) is 0 Å². The predicted molar refractivity (Wildman–Crippen MR) is 99.8 cm³/mol. The number of unbranched alkanes of at least 4 members (excludes halogenated alkanes) is 1. The van der Waals surface area contributed by atoms with E-state index in [4.69, 9.17) is 16.3 Å². The number of carbonyl (C=O) groups is 1. The van der Waals surface area contributed by atoms with Crippen LogP contribution in [0, 0.1) is 0 Å². The summed E-state index contributed by atoms with van der Waals surface area (Å²) in [7, 11) is 0. The molecular weight excluding hydrogens is 376 g/mol. The first-order chi connectivity index (χ1) is 11.2. The second-order valence-corrected chi connectivity index (χ2v) is 6.25. The van der Waals surface area contributed by atoms with Crippen LogP contribution in [-0.4, -0.2) is 17.7 Å². The van der Waals surface area contributed by atoms with Gasteiger partial charge in [0, 0.05) is 15.9 Å². The minimum Gasteiger partial charge on any atom is -0.494 e. The van der Waals surface area contributed by atoms with Gasteiger partial charge in [0.15, 0.2) is 5.78 Å². The Morgan fingerprint density at radius 3 is 2.39 bits per heavy atom. The van der Waals surface area contributed by atoms with Crippen LogP contribution in [0.25, 0.3) is 6.08 Å². The van der Waals surface area contributed by atoms with Gasteiger partial charge in [0.05, 0.1) is 6.61 Å².